The van der Waals surface area contributed by atoms with E-state index in [-0.39, 0.29) is 0 Å². The molecular formula is C17H15ClN2O. The molecule has 3 rings (SSSR count). The molecule has 0 fully saturated rings. The van der Waals surface area contributed by atoms with Gasteiger partial charge in [-0.1, -0.05) is 23.7 Å². The Bertz CT molecular complexity index is 808. The third-order valence-corrected chi connectivity index (χ3v) is 3.87. The van der Waals surface area contributed by atoms with Gasteiger partial charge in [0.05, 0.1) is 11.0 Å². The lowest BCUT2D eigenvalue weighted by molar-refractivity contribution is 0.112. The van der Waals surface area contributed by atoms with E-state index in [1.807, 2.05) is 24.3 Å². The Hall–Kier alpha value is -2.13. The van der Waals surface area contributed by atoms with Crippen molar-refractivity contribution in [3.05, 3.63) is 64.4 Å². The van der Waals surface area contributed by atoms with Crippen LogP contribution < -0.4 is 0 Å². The minimum Gasteiger partial charge on any atom is -0.328 e. The molecule has 0 bridgehead atoms. The molecular weight excluding hydrogens is 284 g/mol. The molecule has 0 aliphatic heterocycles. The second-order valence-electron chi connectivity index (χ2n) is 4.90. The van der Waals surface area contributed by atoms with Crippen LogP contribution in [0.2, 0.25) is 5.02 Å². The number of imidazole rings is 1. The predicted octanol–water partition coefficient (Wildman–Crippen LogP) is 4.11. The largest absolute Gasteiger partial charge is 0.328 e. The van der Waals surface area contributed by atoms with Gasteiger partial charge in [-0.2, -0.15) is 0 Å². The molecule has 0 unspecified atom stereocenters. The van der Waals surface area contributed by atoms with Crippen molar-refractivity contribution in [2.24, 2.45) is 0 Å². The first-order valence-corrected chi connectivity index (χ1v) is 7.28. The van der Waals surface area contributed by atoms with Crippen molar-refractivity contribution in [1.82, 2.24) is 9.55 Å². The van der Waals surface area contributed by atoms with Crippen LogP contribution >= 0.6 is 11.6 Å². The number of halogens is 1. The number of benzene rings is 2. The molecule has 0 N–H and O–H groups in total. The van der Waals surface area contributed by atoms with Crippen molar-refractivity contribution < 1.29 is 4.79 Å². The molecule has 0 spiro atoms. The van der Waals surface area contributed by atoms with Gasteiger partial charge in [-0.15, -0.1) is 0 Å². The summed E-state index contributed by atoms with van der Waals surface area (Å²) in [4.78, 5) is 15.9. The van der Waals surface area contributed by atoms with Crippen LogP contribution in [0.4, 0.5) is 0 Å². The summed E-state index contributed by atoms with van der Waals surface area (Å²) in [5.74, 6) is 0.948. The number of hydrogen-bond acceptors (Lipinski definition) is 2. The molecule has 1 heterocycles. The number of fused-ring (bicyclic) bond motifs is 1. The van der Waals surface area contributed by atoms with E-state index in [9.17, 15) is 4.79 Å². The number of aryl methyl sites for hydroxylation is 1. The monoisotopic (exact) mass is 298 g/mol. The van der Waals surface area contributed by atoms with Gasteiger partial charge in [0.25, 0.3) is 0 Å². The first kappa shape index (κ1) is 13.8. The normalized spacial score (nSPS) is 11.0. The highest BCUT2D eigenvalue weighted by atomic mass is 35.5. The van der Waals surface area contributed by atoms with Crippen molar-refractivity contribution in [3.63, 3.8) is 0 Å². The minimum absolute atomic E-state index is 0.594. The van der Waals surface area contributed by atoms with Gasteiger partial charge >= 0.3 is 0 Å². The molecule has 0 saturated heterocycles. The summed E-state index contributed by atoms with van der Waals surface area (Å²) in [7, 11) is 0. The van der Waals surface area contributed by atoms with E-state index in [0.717, 1.165) is 35.3 Å². The van der Waals surface area contributed by atoms with Gasteiger partial charge in [0.2, 0.25) is 0 Å². The van der Waals surface area contributed by atoms with Crippen LogP contribution in [0.5, 0.6) is 0 Å². The molecule has 0 radical (unpaired) electrons. The van der Waals surface area contributed by atoms with E-state index in [2.05, 4.69) is 22.5 Å². The maximum Gasteiger partial charge on any atom is 0.150 e. The molecule has 1 aromatic heterocycles. The summed E-state index contributed by atoms with van der Waals surface area (Å²) >= 11 is 6.05. The fourth-order valence-corrected chi connectivity index (χ4v) is 2.82. The number of carbonyl (C=O) groups is 1. The van der Waals surface area contributed by atoms with Crippen LogP contribution in [0.3, 0.4) is 0 Å². The Labute approximate surface area is 128 Å². The number of carbonyl (C=O) groups excluding carboxylic acids is 1. The number of para-hydroxylation sites is 2. The SMILES string of the molecule is CCn1c(Cc2cc(Cl)ccc2C=O)nc2ccccc21. The minimum atomic E-state index is 0.594. The molecule has 0 aliphatic rings. The topological polar surface area (TPSA) is 34.9 Å². The Morgan fingerprint density at radius 3 is 2.81 bits per heavy atom. The van der Waals surface area contributed by atoms with E-state index in [0.29, 0.717) is 17.0 Å². The van der Waals surface area contributed by atoms with Crippen molar-refractivity contribution in [3.8, 4) is 0 Å². The average Bonchev–Trinajstić information content (AvgIpc) is 2.84. The van der Waals surface area contributed by atoms with Crippen molar-refractivity contribution >= 4 is 28.9 Å². The molecule has 3 nitrogen and oxygen atoms in total. The smallest absolute Gasteiger partial charge is 0.150 e. The summed E-state index contributed by atoms with van der Waals surface area (Å²) in [6, 6.07) is 13.4. The zero-order valence-electron chi connectivity index (χ0n) is 11.7. The van der Waals surface area contributed by atoms with Crippen LogP contribution in [0, 0.1) is 0 Å². The highest BCUT2D eigenvalue weighted by Gasteiger charge is 2.12. The molecule has 4 heteroatoms. The highest BCUT2D eigenvalue weighted by molar-refractivity contribution is 6.30. The van der Waals surface area contributed by atoms with E-state index in [1.54, 1.807) is 12.1 Å². The van der Waals surface area contributed by atoms with Crippen molar-refractivity contribution in [2.45, 2.75) is 19.9 Å². The van der Waals surface area contributed by atoms with Gasteiger partial charge in [0.15, 0.2) is 0 Å². The van der Waals surface area contributed by atoms with Crippen molar-refractivity contribution in [2.75, 3.05) is 0 Å². The molecule has 3 aromatic rings. The number of hydrogen-bond donors (Lipinski definition) is 0. The van der Waals surface area contributed by atoms with Gasteiger partial charge in [0.1, 0.15) is 12.1 Å². The maximum absolute atomic E-state index is 11.2. The number of aromatic nitrogens is 2. The molecule has 0 saturated carbocycles. The van der Waals surface area contributed by atoms with Crippen LogP contribution in [-0.4, -0.2) is 15.8 Å². The van der Waals surface area contributed by atoms with E-state index in [4.69, 9.17) is 11.6 Å². The van der Waals surface area contributed by atoms with Gasteiger partial charge in [-0.3, -0.25) is 4.79 Å². The van der Waals surface area contributed by atoms with E-state index < -0.39 is 0 Å². The quantitative estimate of drug-likeness (QED) is 0.679. The standard InChI is InChI=1S/C17H15ClN2O/c1-2-20-16-6-4-3-5-15(16)19-17(20)10-13-9-14(18)8-7-12(13)11-21/h3-9,11H,2,10H2,1H3. The first-order valence-electron chi connectivity index (χ1n) is 6.90. The van der Waals surface area contributed by atoms with Gasteiger partial charge in [0, 0.05) is 23.6 Å². The Morgan fingerprint density at radius 2 is 2.05 bits per heavy atom. The summed E-state index contributed by atoms with van der Waals surface area (Å²) in [6.45, 7) is 2.93. The molecule has 0 aliphatic carbocycles. The lowest BCUT2D eigenvalue weighted by Gasteiger charge is -2.08. The van der Waals surface area contributed by atoms with Gasteiger partial charge < -0.3 is 4.57 Å². The first-order chi connectivity index (χ1) is 10.2. The molecule has 0 atom stereocenters. The summed E-state index contributed by atoms with van der Waals surface area (Å²) in [5, 5.41) is 0.634. The van der Waals surface area contributed by atoms with Crippen molar-refractivity contribution in [1.29, 1.82) is 0 Å². The third kappa shape index (κ3) is 2.57. The lowest BCUT2D eigenvalue weighted by Crippen LogP contribution is -2.04. The van der Waals surface area contributed by atoms with Crippen LogP contribution in [0.25, 0.3) is 11.0 Å². The van der Waals surface area contributed by atoms with Crippen LogP contribution in [0.1, 0.15) is 28.7 Å². The molecule has 21 heavy (non-hydrogen) atoms. The zero-order chi connectivity index (χ0) is 14.8. The number of nitrogens with zero attached hydrogens (tertiary/aromatic N) is 2. The summed E-state index contributed by atoms with van der Waals surface area (Å²) in [5.41, 5.74) is 3.66. The number of aldehydes is 1. The highest BCUT2D eigenvalue weighted by Crippen LogP contribution is 2.21. The van der Waals surface area contributed by atoms with Crippen LogP contribution in [-0.2, 0) is 13.0 Å². The Balaban J connectivity index is 2.10. The second kappa shape index (κ2) is 5.70. The third-order valence-electron chi connectivity index (χ3n) is 3.63. The second-order valence-corrected chi connectivity index (χ2v) is 5.34. The Morgan fingerprint density at radius 1 is 1.24 bits per heavy atom. The fourth-order valence-electron chi connectivity index (χ4n) is 2.63. The average molecular weight is 299 g/mol. The fraction of sp³-hybridized carbons (Fsp3) is 0.176. The maximum atomic E-state index is 11.2. The predicted molar refractivity (Wildman–Crippen MR) is 85.1 cm³/mol. The van der Waals surface area contributed by atoms with Crippen LogP contribution in [0.15, 0.2) is 42.5 Å². The molecule has 2 aromatic carbocycles. The van der Waals surface area contributed by atoms with Gasteiger partial charge in [-0.05, 0) is 42.8 Å². The lowest BCUT2D eigenvalue weighted by atomic mass is 10.1. The summed E-state index contributed by atoms with van der Waals surface area (Å²) < 4.78 is 2.17. The van der Waals surface area contributed by atoms with E-state index in [1.165, 1.54) is 0 Å². The van der Waals surface area contributed by atoms with Gasteiger partial charge in [-0.25, -0.2) is 4.98 Å². The molecule has 0 amide bonds. The van der Waals surface area contributed by atoms with E-state index >= 15 is 0 Å². The Kier molecular flexibility index (Phi) is 3.76. The number of rotatable bonds is 4. The zero-order valence-corrected chi connectivity index (χ0v) is 12.5. The molecule has 106 valence electrons. The summed E-state index contributed by atoms with van der Waals surface area (Å²) in [6.07, 6.45) is 1.46.